The molecule has 0 saturated carbocycles. The molecule has 1 aromatic heterocycles. The minimum atomic E-state index is -3.48. The Kier molecular flexibility index (Phi) is 5.33. The molecular weight excluding hydrogens is 430 g/mol. The molecule has 5 rings (SSSR count). The zero-order valence-electron chi connectivity index (χ0n) is 16.9. The highest BCUT2D eigenvalue weighted by Gasteiger charge is 2.45. The zero-order valence-corrected chi connectivity index (χ0v) is 18.6. The van der Waals surface area contributed by atoms with Gasteiger partial charge >= 0.3 is 0 Å². The first-order valence-electron chi connectivity index (χ1n) is 10.3. The number of rotatable bonds is 6. The summed E-state index contributed by atoms with van der Waals surface area (Å²) in [5.74, 6) is 1.48. The monoisotopic (exact) mass is 453 g/mol. The summed E-state index contributed by atoms with van der Waals surface area (Å²) in [6.07, 6.45) is 5.47. The summed E-state index contributed by atoms with van der Waals surface area (Å²) in [6.45, 7) is 1.33. The van der Waals surface area contributed by atoms with Crippen LogP contribution in [0.4, 0.5) is 0 Å². The SMILES string of the molecule is O=S(=O)(c1cccs1)N1CCC2(C=Cc3ccc(OCCc4ccccc4)cc3O2)C1. The van der Waals surface area contributed by atoms with E-state index < -0.39 is 15.6 Å². The number of sulfonamides is 1. The van der Waals surface area contributed by atoms with Crippen LogP contribution in [0.5, 0.6) is 11.5 Å². The van der Waals surface area contributed by atoms with Gasteiger partial charge in [0.05, 0.1) is 13.2 Å². The summed E-state index contributed by atoms with van der Waals surface area (Å²) in [5, 5.41) is 1.78. The van der Waals surface area contributed by atoms with Crippen LogP contribution >= 0.6 is 11.3 Å². The van der Waals surface area contributed by atoms with E-state index in [1.54, 1.807) is 17.5 Å². The number of thiophene rings is 1. The number of hydrogen-bond donors (Lipinski definition) is 0. The normalized spacial score (nSPS) is 20.5. The Hall–Kier alpha value is -2.61. The Balaban J connectivity index is 1.27. The van der Waals surface area contributed by atoms with Crippen molar-refractivity contribution in [1.82, 2.24) is 4.31 Å². The van der Waals surface area contributed by atoms with Crippen LogP contribution in [0.1, 0.15) is 17.5 Å². The second-order valence-electron chi connectivity index (χ2n) is 7.80. The number of benzene rings is 2. The second-order valence-corrected chi connectivity index (χ2v) is 10.9. The van der Waals surface area contributed by atoms with E-state index in [0.29, 0.717) is 30.3 Å². The Bertz CT molecular complexity index is 1190. The maximum Gasteiger partial charge on any atom is 0.252 e. The zero-order chi connectivity index (χ0) is 21.3. The van der Waals surface area contributed by atoms with Gasteiger partial charge in [-0.1, -0.05) is 42.5 Å². The lowest BCUT2D eigenvalue weighted by molar-refractivity contribution is 0.132. The van der Waals surface area contributed by atoms with Gasteiger partial charge in [0.25, 0.3) is 10.0 Å². The highest BCUT2D eigenvalue weighted by atomic mass is 32.2. The van der Waals surface area contributed by atoms with Crippen molar-refractivity contribution in [3.05, 3.63) is 83.2 Å². The molecule has 1 saturated heterocycles. The van der Waals surface area contributed by atoms with E-state index in [0.717, 1.165) is 23.5 Å². The lowest BCUT2D eigenvalue weighted by Crippen LogP contribution is -2.40. The summed E-state index contributed by atoms with van der Waals surface area (Å²) in [4.78, 5) is 0. The van der Waals surface area contributed by atoms with E-state index in [1.807, 2.05) is 48.6 Å². The smallest absolute Gasteiger partial charge is 0.252 e. The molecule has 1 spiro atoms. The second kappa shape index (κ2) is 8.15. The van der Waals surface area contributed by atoms with Crippen molar-refractivity contribution in [1.29, 1.82) is 0 Å². The predicted molar refractivity (Wildman–Crippen MR) is 122 cm³/mol. The van der Waals surface area contributed by atoms with Gasteiger partial charge in [-0.2, -0.15) is 4.31 Å². The van der Waals surface area contributed by atoms with E-state index in [1.165, 1.54) is 21.2 Å². The summed E-state index contributed by atoms with van der Waals surface area (Å²) in [5.41, 5.74) is 1.57. The molecule has 2 aromatic carbocycles. The van der Waals surface area contributed by atoms with Gasteiger partial charge in [0.2, 0.25) is 0 Å². The van der Waals surface area contributed by atoms with Crippen molar-refractivity contribution < 1.29 is 17.9 Å². The molecule has 0 radical (unpaired) electrons. The largest absolute Gasteiger partial charge is 0.493 e. The van der Waals surface area contributed by atoms with E-state index >= 15 is 0 Å². The fraction of sp³-hybridized carbons (Fsp3) is 0.250. The Morgan fingerprint density at radius 3 is 2.77 bits per heavy atom. The molecule has 1 fully saturated rings. The molecule has 3 heterocycles. The highest BCUT2D eigenvalue weighted by molar-refractivity contribution is 7.91. The van der Waals surface area contributed by atoms with Crippen molar-refractivity contribution in [3.63, 3.8) is 0 Å². The van der Waals surface area contributed by atoms with Gasteiger partial charge in [-0.3, -0.25) is 0 Å². The summed E-state index contributed by atoms with van der Waals surface area (Å²) < 4.78 is 40.0. The molecule has 31 heavy (non-hydrogen) atoms. The molecule has 5 nitrogen and oxygen atoms in total. The van der Waals surface area contributed by atoms with Crippen molar-refractivity contribution in [3.8, 4) is 11.5 Å². The molecule has 160 valence electrons. The van der Waals surface area contributed by atoms with Crippen LogP contribution in [0, 0.1) is 0 Å². The molecule has 7 heteroatoms. The average molecular weight is 454 g/mol. The number of hydrogen-bond acceptors (Lipinski definition) is 5. The van der Waals surface area contributed by atoms with Crippen molar-refractivity contribution in [2.45, 2.75) is 22.7 Å². The standard InChI is InChI=1S/C24H23NO4S2/c26-31(27,23-7-4-16-30-23)25-14-13-24(18-25)12-10-20-8-9-21(17-22(20)29-24)28-15-11-19-5-2-1-3-6-19/h1-10,12,16-17H,11,13-15,18H2. The number of nitrogens with zero attached hydrogens (tertiary/aromatic N) is 1. The fourth-order valence-corrected chi connectivity index (χ4v) is 6.63. The molecule has 2 aliphatic rings. The molecular formula is C24H23NO4S2. The van der Waals surface area contributed by atoms with E-state index in [4.69, 9.17) is 9.47 Å². The fourth-order valence-electron chi connectivity index (χ4n) is 3.99. The van der Waals surface area contributed by atoms with Crippen LogP contribution in [0.3, 0.4) is 0 Å². The van der Waals surface area contributed by atoms with Crippen molar-refractivity contribution in [2.24, 2.45) is 0 Å². The van der Waals surface area contributed by atoms with Gasteiger partial charge in [-0.25, -0.2) is 8.42 Å². The predicted octanol–water partition coefficient (Wildman–Crippen LogP) is 4.61. The highest BCUT2D eigenvalue weighted by Crippen LogP contribution is 2.40. The third-order valence-electron chi connectivity index (χ3n) is 5.68. The molecule has 0 amide bonds. The van der Waals surface area contributed by atoms with Crippen LogP contribution in [-0.4, -0.2) is 38.0 Å². The number of fused-ring (bicyclic) bond motifs is 1. The first-order valence-corrected chi connectivity index (χ1v) is 12.6. The van der Waals surface area contributed by atoms with Crippen LogP contribution in [0.2, 0.25) is 0 Å². The van der Waals surface area contributed by atoms with Gasteiger partial charge in [0.1, 0.15) is 21.3 Å². The Morgan fingerprint density at radius 1 is 1.10 bits per heavy atom. The van der Waals surface area contributed by atoms with Crippen molar-refractivity contribution in [2.75, 3.05) is 19.7 Å². The number of ether oxygens (including phenoxy) is 2. The van der Waals surface area contributed by atoms with Crippen LogP contribution < -0.4 is 9.47 Å². The van der Waals surface area contributed by atoms with Gasteiger partial charge in [-0.15, -0.1) is 11.3 Å². The summed E-state index contributed by atoms with van der Waals surface area (Å²) in [6, 6.07) is 19.5. The Morgan fingerprint density at radius 2 is 1.97 bits per heavy atom. The van der Waals surface area contributed by atoms with Gasteiger partial charge in [0, 0.05) is 31.0 Å². The average Bonchev–Trinajstić information content (AvgIpc) is 3.46. The third kappa shape index (κ3) is 4.13. The van der Waals surface area contributed by atoms with E-state index in [2.05, 4.69) is 12.1 Å². The first-order chi connectivity index (χ1) is 15.0. The maximum absolute atomic E-state index is 12.9. The van der Waals surface area contributed by atoms with Crippen LogP contribution in [-0.2, 0) is 16.4 Å². The molecule has 3 aromatic rings. The quantitative estimate of drug-likeness (QED) is 0.547. The molecule has 0 bridgehead atoms. The lowest BCUT2D eigenvalue weighted by atomic mass is 9.97. The molecule has 1 atom stereocenters. The van der Waals surface area contributed by atoms with Gasteiger partial charge < -0.3 is 9.47 Å². The molecule has 2 aliphatic heterocycles. The molecule has 0 N–H and O–H groups in total. The Labute approximate surface area is 186 Å². The topological polar surface area (TPSA) is 55.8 Å². The first kappa shape index (κ1) is 20.3. The lowest BCUT2D eigenvalue weighted by Gasteiger charge is -2.31. The van der Waals surface area contributed by atoms with Crippen LogP contribution in [0.25, 0.3) is 6.08 Å². The summed E-state index contributed by atoms with van der Waals surface area (Å²) >= 11 is 1.24. The maximum atomic E-state index is 12.9. The van der Waals surface area contributed by atoms with Crippen molar-refractivity contribution >= 4 is 27.4 Å². The minimum Gasteiger partial charge on any atom is -0.493 e. The minimum absolute atomic E-state index is 0.308. The van der Waals surface area contributed by atoms with E-state index in [9.17, 15) is 8.42 Å². The molecule has 0 aliphatic carbocycles. The van der Waals surface area contributed by atoms with Gasteiger partial charge in [0.15, 0.2) is 0 Å². The summed E-state index contributed by atoms with van der Waals surface area (Å²) in [7, 11) is -3.48. The van der Waals surface area contributed by atoms with E-state index in [-0.39, 0.29) is 0 Å². The molecule has 1 unspecified atom stereocenters. The van der Waals surface area contributed by atoms with Crippen LogP contribution in [0.15, 0.2) is 76.3 Å². The third-order valence-corrected chi connectivity index (χ3v) is 8.90. The van der Waals surface area contributed by atoms with Gasteiger partial charge in [-0.05, 0) is 35.2 Å².